The Kier molecular flexibility index (Phi) is 4.60. The molecule has 0 aromatic heterocycles. The quantitative estimate of drug-likeness (QED) is 0.855. The number of hydrogen-bond acceptors (Lipinski definition) is 3. The summed E-state index contributed by atoms with van der Waals surface area (Å²) >= 11 is 0. The molecule has 118 valence electrons. The Bertz CT molecular complexity index is 594. The van der Waals surface area contributed by atoms with E-state index in [0.717, 1.165) is 18.7 Å². The normalized spacial score (nSPS) is 18.9. The van der Waals surface area contributed by atoms with Gasteiger partial charge in [-0.05, 0) is 24.7 Å². The van der Waals surface area contributed by atoms with Gasteiger partial charge in [0.05, 0.1) is 10.5 Å². The minimum absolute atomic E-state index is 0.298. The Morgan fingerprint density at radius 3 is 2.29 bits per heavy atom. The van der Waals surface area contributed by atoms with Crippen molar-refractivity contribution in [3.8, 4) is 0 Å². The second-order valence-corrected chi connectivity index (χ2v) is 6.80. The summed E-state index contributed by atoms with van der Waals surface area (Å²) in [4.78, 5) is 1.79. The van der Waals surface area contributed by atoms with Gasteiger partial charge in [-0.3, -0.25) is 0 Å². The van der Waals surface area contributed by atoms with Gasteiger partial charge in [0.15, 0.2) is 0 Å². The van der Waals surface area contributed by atoms with Crippen LogP contribution >= 0.6 is 0 Å². The fourth-order valence-corrected chi connectivity index (χ4v) is 3.74. The van der Waals surface area contributed by atoms with Crippen molar-refractivity contribution >= 4 is 10.0 Å². The van der Waals surface area contributed by atoms with Crippen molar-refractivity contribution in [3.63, 3.8) is 0 Å². The van der Waals surface area contributed by atoms with Gasteiger partial charge >= 0.3 is 6.18 Å². The topological polar surface area (TPSA) is 40.6 Å². The van der Waals surface area contributed by atoms with Gasteiger partial charge in [0.2, 0.25) is 10.0 Å². The Morgan fingerprint density at radius 1 is 1.14 bits per heavy atom. The minimum Gasteiger partial charge on any atom is -0.301 e. The zero-order valence-corrected chi connectivity index (χ0v) is 12.4. The van der Waals surface area contributed by atoms with Gasteiger partial charge in [-0.2, -0.15) is 17.5 Å². The number of likely N-dealkylation sites (N-methyl/N-ethyl adjacent to an activating group) is 1. The standard InChI is InChI=1S/C13H17F3N2O2S/c1-2-17-6-8-18(9-7-17)21(19,20)12-5-3-4-11(10-12)13(14,15)16/h3-5,10H,2,6-9H2,1H3. The number of hydrogen-bond donors (Lipinski definition) is 0. The smallest absolute Gasteiger partial charge is 0.301 e. The molecule has 1 aliphatic heterocycles. The molecular formula is C13H17F3N2O2S. The molecule has 0 atom stereocenters. The highest BCUT2D eigenvalue weighted by atomic mass is 32.2. The lowest BCUT2D eigenvalue weighted by Crippen LogP contribution is -2.48. The molecule has 0 saturated carbocycles. The van der Waals surface area contributed by atoms with Crippen LogP contribution in [0.1, 0.15) is 12.5 Å². The molecule has 1 aromatic rings. The molecule has 1 aliphatic rings. The first-order valence-electron chi connectivity index (χ1n) is 6.65. The molecule has 4 nitrogen and oxygen atoms in total. The molecule has 8 heteroatoms. The molecule has 0 aliphatic carbocycles. The zero-order valence-electron chi connectivity index (χ0n) is 11.6. The van der Waals surface area contributed by atoms with Crippen LogP contribution in [0.25, 0.3) is 0 Å². The van der Waals surface area contributed by atoms with Crippen molar-refractivity contribution in [2.45, 2.75) is 18.0 Å². The highest BCUT2D eigenvalue weighted by molar-refractivity contribution is 7.89. The molecule has 21 heavy (non-hydrogen) atoms. The summed E-state index contributed by atoms with van der Waals surface area (Å²) in [7, 11) is -3.87. The van der Waals surface area contributed by atoms with Crippen molar-refractivity contribution in [2.24, 2.45) is 0 Å². The average Bonchev–Trinajstić information content (AvgIpc) is 2.46. The van der Waals surface area contributed by atoms with Gasteiger partial charge in [0.1, 0.15) is 0 Å². The Hall–Kier alpha value is -1.12. The van der Waals surface area contributed by atoms with Crippen LogP contribution in [0.4, 0.5) is 13.2 Å². The van der Waals surface area contributed by atoms with E-state index < -0.39 is 21.8 Å². The van der Waals surface area contributed by atoms with E-state index in [1.165, 1.54) is 10.4 Å². The van der Waals surface area contributed by atoms with Crippen molar-refractivity contribution in [3.05, 3.63) is 29.8 Å². The van der Waals surface area contributed by atoms with E-state index in [9.17, 15) is 21.6 Å². The average molecular weight is 322 g/mol. The summed E-state index contributed by atoms with van der Waals surface area (Å²) in [6.45, 7) is 4.59. The highest BCUT2D eigenvalue weighted by Gasteiger charge is 2.33. The summed E-state index contributed by atoms with van der Waals surface area (Å²) < 4.78 is 64.1. The zero-order chi connectivity index (χ0) is 15.7. The molecule has 0 unspecified atom stereocenters. The molecule has 2 rings (SSSR count). The van der Waals surface area contributed by atoms with Gasteiger partial charge in [0, 0.05) is 26.2 Å². The van der Waals surface area contributed by atoms with E-state index in [-0.39, 0.29) is 4.90 Å². The fraction of sp³-hybridized carbons (Fsp3) is 0.538. The van der Waals surface area contributed by atoms with E-state index >= 15 is 0 Å². The van der Waals surface area contributed by atoms with Crippen molar-refractivity contribution < 1.29 is 21.6 Å². The minimum atomic E-state index is -4.55. The molecule has 1 heterocycles. The van der Waals surface area contributed by atoms with Crippen molar-refractivity contribution in [2.75, 3.05) is 32.7 Å². The van der Waals surface area contributed by atoms with Crippen LogP contribution in [0.5, 0.6) is 0 Å². The van der Waals surface area contributed by atoms with Crippen LogP contribution in [0.3, 0.4) is 0 Å². The lowest BCUT2D eigenvalue weighted by molar-refractivity contribution is -0.137. The maximum Gasteiger partial charge on any atom is 0.416 e. The Labute approximate surface area is 122 Å². The molecule has 1 fully saturated rings. The maximum absolute atomic E-state index is 12.7. The fourth-order valence-electron chi connectivity index (χ4n) is 2.27. The first kappa shape index (κ1) is 16.3. The van der Waals surface area contributed by atoms with Gasteiger partial charge in [-0.25, -0.2) is 8.42 Å². The van der Waals surface area contributed by atoms with Crippen LogP contribution in [-0.4, -0.2) is 50.3 Å². The summed E-state index contributed by atoms with van der Waals surface area (Å²) in [6.07, 6.45) is -4.55. The molecule has 0 bridgehead atoms. The van der Waals surface area contributed by atoms with E-state index in [4.69, 9.17) is 0 Å². The third-order valence-corrected chi connectivity index (χ3v) is 5.47. The molecule has 1 saturated heterocycles. The van der Waals surface area contributed by atoms with E-state index in [1.807, 2.05) is 6.92 Å². The van der Waals surface area contributed by atoms with Crippen molar-refractivity contribution in [1.29, 1.82) is 0 Å². The molecule has 0 amide bonds. The Morgan fingerprint density at radius 2 is 1.76 bits per heavy atom. The van der Waals surface area contributed by atoms with Crippen LogP contribution in [0, 0.1) is 0 Å². The number of nitrogens with zero attached hydrogens (tertiary/aromatic N) is 2. The first-order chi connectivity index (χ1) is 9.75. The molecule has 0 spiro atoms. The highest BCUT2D eigenvalue weighted by Crippen LogP contribution is 2.31. The van der Waals surface area contributed by atoms with Crippen LogP contribution in [-0.2, 0) is 16.2 Å². The predicted molar refractivity (Wildman–Crippen MR) is 72.3 cm³/mol. The second-order valence-electron chi connectivity index (χ2n) is 4.86. The van der Waals surface area contributed by atoms with Crippen LogP contribution in [0.2, 0.25) is 0 Å². The number of benzene rings is 1. The number of alkyl halides is 3. The lowest BCUT2D eigenvalue weighted by Gasteiger charge is -2.33. The molecule has 0 radical (unpaired) electrons. The van der Waals surface area contributed by atoms with E-state index in [1.54, 1.807) is 0 Å². The largest absolute Gasteiger partial charge is 0.416 e. The van der Waals surface area contributed by atoms with Gasteiger partial charge < -0.3 is 4.90 Å². The summed E-state index contributed by atoms with van der Waals surface area (Å²) in [5, 5.41) is 0. The van der Waals surface area contributed by atoms with Crippen molar-refractivity contribution in [1.82, 2.24) is 9.21 Å². The molecule has 0 N–H and O–H groups in total. The second kappa shape index (κ2) is 5.94. The van der Waals surface area contributed by atoms with Gasteiger partial charge in [0.25, 0.3) is 0 Å². The van der Waals surface area contributed by atoms with Crippen LogP contribution in [0.15, 0.2) is 29.2 Å². The van der Waals surface area contributed by atoms with Crippen LogP contribution < -0.4 is 0 Å². The third kappa shape index (κ3) is 3.56. The third-order valence-electron chi connectivity index (χ3n) is 3.58. The number of rotatable bonds is 3. The lowest BCUT2D eigenvalue weighted by atomic mass is 10.2. The number of halogens is 3. The van der Waals surface area contributed by atoms with E-state index in [0.29, 0.717) is 32.2 Å². The number of sulfonamides is 1. The van der Waals surface area contributed by atoms with Gasteiger partial charge in [-0.15, -0.1) is 0 Å². The predicted octanol–water partition coefficient (Wildman–Crippen LogP) is 2.03. The monoisotopic (exact) mass is 322 g/mol. The number of piperazine rings is 1. The molecule has 1 aromatic carbocycles. The van der Waals surface area contributed by atoms with Gasteiger partial charge in [-0.1, -0.05) is 13.0 Å². The Balaban J connectivity index is 2.24. The summed E-state index contributed by atoms with van der Waals surface area (Å²) in [5.41, 5.74) is -0.948. The maximum atomic E-state index is 12.7. The SMILES string of the molecule is CCN1CCN(S(=O)(=O)c2cccc(C(F)(F)F)c2)CC1. The summed E-state index contributed by atoms with van der Waals surface area (Å²) in [6, 6.07) is 3.89. The van der Waals surface area contributed by atoms with E-state index in [2.05, 4.69) is 4.90 Å². The summed E-state index contributed by atoms with van der Waals surface area (Å²) in [5.74, 6) is 0. The molecular weight excluding hydrogens is 305 g/mol. The first-order valence-corrected chi connectivity index (χ1v) is 8.09.